The molecule has 1 saturated heterocycles. The first-order valence-corrected chi connectivity index (χ1v) is 20.8. The molecule has 1 aliphatic rings. The van der Waals surface area contributed by atoms with Gasteiger partial charge in [-0.25, -0.2) is 4.79 Å². The molecule has 1 aromatic rings. The van der Waals surface area contributed by atoms with Gasteiger partial charge in [0.05, 0.1) is 18.9 Å². The van der Waals surface area contributed by atoms with Crippen LogP contribution in [0, 0.1) is 5.92 Å². The van der Waals surface area contributed by atoms with Crippen LogP contribution < -0.4 is 43.4 Å². The zero-order valence-corrected chi connectivity index (χ0v) is 35.4. The molecule has 1 heterocycles. The van der Waals surface area contributed by atoms with Gasteiger partial charge in [0.1, 0.15) is 48.0 Å². The molecule has 13 N–H and O–H groups in total. The Bertz CT molecular complexity index is 1780. The number of hydrogen-bond acceptors (Lipinski definition) is 13. The number of carbonyl (C=O) groups is 10. The second-order valence-corrected chi connectivity index (χ2v) is 15.9. The van der Waals surface area contributed by atoms with E-state index < -0.39 is 126 Å². The van der Waals surface area contributed by atoms with Crippen LogP contribution in [0.2, 0.25) is 0 Å². The third-order valence-corrected chi connectivity index (χ3v) is 10.2. The number of phenolic OH excluding ortho intramolecular Hbond substituents is 1. The molecule has 22 nitrogen and oxygen atoms in total. The number of aliphatic carboxylic acids is 2. The number of likely N-dealkylation sites (tertiary alicyclic amines) is 1. The van der Waals surface area contributed by atoms with E-state index in [9.17, 15) is 63.3 Å². The summed E-state index contributed by atoms with van der Waals surface area (Å²) in [6, 6.07) is -5.09. The summed E-state index contributed by atoms with van der Waals surface area (Å²) in [6.45, 7) is 5.68. The Kier molecular flexibility index (Phi) is 20.4. The first-order chi connectivity index (χ1) is 28.5. The number of carbonyl (C=O) groups excluding carboxylic acids is 8. The number of nitrogens with two attached hydrogens (primary N) is 2. The van der Waals surface area contributed by atoms with Crippen molar-refractivity contribution in [2.45, 2.75) is 115 Å². The number of phenols is 1. The van der Waals surface area contributed by atoms with E-state index in [2.05, 4.69) is 31.9 Å². The fourth-order valence-corrected chi connectivity index (χ4v) is 6.63. The quantitative estimate of drug-likeness (QED) is 0.0495. The topological polar surface area (TPSA) is 359 Å². The molecule has 0 unspecified atom stereocenters. The van der Waals surface area contributed by atoms with Crippen LogP contribution in [0.25, 0.3) is 0 Å². The number of thioether (sulfide) groups is 1. The highest BCUT2D eigenvalue weighted by Gasteiger charge is 2.40. The molecule has 0 aliphatic carbocycles. The molecule has 2 rings (SSSR count). The van der Waals surface area contributed by atoms with Gasteiger partial charge in [-0.2, -0.15) is 11.8 Å². The summed E-state index contributed by atoms with van der Waals surface area (Å²) >= 11 is 1.44. The smallest absolute Gasteiger partial charge is 0.326 e. The molecule has 0 spiro atoms. The van der Waals surface area contributed by atoms with Crippen molar-refractivity contribution in [2.75, 3.05) is 18.6 Å². The van der Waals surface area contributed by atoms with E-state index in [1.54, 1.807) is 20.1 Å². The summed E-state index contributed by atoms with van der Waals surface area (Å²) in [5.74, 6) is -9.92. The zero-order valence-electron chi connectivity index (χ0n) is 34.6. The van der Waals surface area contributed by atoms with E-state index in [-0.39, 0.29) is 31.6 Å². The van der Waals surface area contributed by atoms with E-state index in [1.807, 2.05) is 0 Å². The first-order valence-electron chi connectivity index (χ1n) is 19.4. The van der Waals surface area contributed by atoms with Crippen molar-refractivity contribution >= 4 is 71.0 Å². The first kappa shape index (κ1) is 51.2. The Labute approximate surface area is 356 Å². The third-order valence-electron chi connectivity index (χ3n) is 9.58. The van der Waals surface area contributed by atoms with Gasteiger partial charge in [-0.3, -0.25) is 43.2 Å². The maximum atomic E-state index is 13.5. The van der Waals surface area contributed by atoms with Crippen LogP contribution in [0.3, 0.4) is 0 Å². The Hall–Kier alpha value is -5.97. The lowest BCUT2D eigenvalue weighted by atomic mass is 10.0. The molecule has 0 aromatic heterocycles. The predicted molar refractivity (Wildman–Crippen MR) is 219 cm³/mol. The largest absolute Gasteiger partial charge is 0.508 e. The number of carboxylic acids is 2. The van der Waals surface area contributed by atoms with Crippen LogP contribution in [-0.2, 0) is 54.4 Å². The van der Waals surface area contributed by atoms with Gasteiger partial charge in [0.15, 0.2) is 0 Å². The van der Waals surface area contributed by atoms with Crippen molar-refractivity contribution in [3.8, 4) is 5.75 Å². The minimum atomic E-state index is -1.65. The molecule has 8 amide bonds. The minimum Gasteiger partial charge on any atom is -0.508 e. The van der Waals surface area contributed by atoms with Crippen molar-refractivity contribution in [3.05, 3.63) is 29.8 Å². The van der Waals surface area contributed by atoms with E-state index in [0.29, 0.717) is 17.7 Å². The molecule has 8 atom stereocenters. The van der Waals surface area contributed by atoms with Crippen LogP contribution in [0.5, 0.6) is 5.75 Å². The number of primary amides is 1. The van der Waals surface area contributed by atoms with E-state index in [4.69, 9.17) is 11.5 Å². The Morgan fingerprint density at radius 1 is 0.754 bits per heavy atom. The van der Waals surface area contributed by atoms with Gasteiger partial charge in [-0.1, -0.05) is 26.0 Å². The number of nitrogens with zero attached hydrogens (tertiary/aromatic N) is 1. The molecule has 1 aromatic carbocycles. The standard InChI is InChI=1S/C38H57N9O13S/c1-18(2)30(38(59)60)46-35(56)24(15-21-8-10-22(48)11-9-21)43-32(53)20(4)41-31(52)19(3)42-34(55)25(16-28(40)49)44-36(57)27-7-6-13-47(27)37(58)26(17-29(50)51)45-33(54)23(39)12-14-61-5/h8-11,18-20,23-27,30,48H,6-7,12-17,39H2,1-5H3,(H2,40,49)(H,41,52)(H,42,55)(H,43,53)(H,44,57)(H,45,54)(H,46,56)(H,50,51)(H,59,60)/t19-,20-,23-,24-,25-,26-,27-,30-/m0/s1. The summed E-state index contributed by atoms with van der Waals surface area (Å²) in [7, 11) is 0. The van der Waals surface area contributed by atoms with Gasteiger partial charge in [-0.05, 0) is 68.7 Å². The zero-order chi connectivity index (χ0) is 46.1. The van der Waals surface area contributed by atoms with Crippen LogP contribution >= 0.6 is 11.8 Å². The summed E-state index contributed by atoms with van der Waals surface area (Å²) in [5, 5.41) is 43.0. The second kappa shape index (κ2) is 24.3. The van der Waals surface area contributed by atoms with Crippen LogP contribution in [0.1, 0.15) is 65.4 Å². The Balaban J connectivity index is 2.14. The number of hydrogen-bond donors (Lipinski definition) is 11. The Morgan fingerprint density at radius 3 is 1.85 bits per heavy atom. The van der Waals surface area contributed by atoms with Crippen molar-refractivity contribution in [1.29, 1.82) is 0 Å². The van der Waals surface area contributed by atoms with Gasteiger partial charge in [0.25, 0.3) is 0 Å². The molecule has 1 fully saturated rings. The fraction of sp³-hybridized carbons (Fsp3) is 0.579. The molecule has 0 saturated carbocycles. The lowest BCUT2D eigenvalue weighted by Gasteiger charge is -2.30. The highest BCUT2D eigenvalue weighted by atomic mass is 32.2. The summed E-state index contributed by atoms with van der Waals surface area (Å²) in [4.78, 5) is 129. The van der Waals surface area contributed by atoms with Crippen molar-refractivity contribution in [1.82, 2.24) is 36.8 Å². The van der Waals surface area contributed by atoms with Gasteiger partial charge in [-0.15, -0.1) is 0 Å². The number of carboxylic acid groups (broad SMARTS) is 2. The SMILES string of the molecule is CSCC[C@H](N)C(=O)N[C@@H](CC(=O)O)C(=O)N1CCC[C@H]1C(=O)N[C@@H](CC(N)=O)C(=O)N[C@@H](C)C(=O)N[C@@H](C)C(=O)N[C@@H](Cc1ccc(O)cc1)C(=O)N[C@H](C(=O)O)C(C)C. The molecule has 1 aliphatic heterocycles. The van der Waals surface area contributed by atoms with E-state index in [1.165, 1.54) is 49.9 Å². The number of benzene rings is 1. The monoisotopic (exact) mass is 879 g/mol. The van der Waals surface area contributed by atoms with E-state index >= 15 is 0 Å². The highest BCUT2D eigenvalue weighted by molar-refractivity contribution is 7.98. The summed E-state index contributed by atoms with van der Waals surface area (Å²) in [5.41, 5.74) is 11.7. The van der Waals surface area contributed by atoms with Crippen LogP contribution in [0.15, 0.2) is 24.3 Å². The normalized spacial score (nSPS) is 17.0. The molecule has 23 heteroatoms. The van der Waals surface area contributed by atoms with Crippen molar-refractivity contribution in [2.24, 2.45) is 17.4 Å². The Morgan fingerprint density at radius 2 is 1.31 bits per heavy atom. The summed E-state index contributed by atoms with van der Waals surface area (Å²) < 4.78 is 0. The van der Waals surface area contributed by atoms with Gasteiger partial charge >= 0.3 is 11.9 Å². The molecular formula is C38H57N9O13S. The maximum absolute atomic E-state index is 13.5. The number of aromatic hydroxyl groups is 1. The van der Waals surface area contributed by atoms with Crippen molar-refractivity contribution in [3.63, 3.8) is 0 Å². The van der Waals surface area contributed by atoms with Crippen LogP contribution in [-0.4, -0.2) is 146 Å². The molecular weight excluding hydrogens is 823 g/mol. The minimum absolute atomic E-state index is 0.000114. The molecule has 61 heavy (non-hydrogen) atoms. The molecule has 338 valence electrons. The van der Waals surface area contributed by atoms with Gasteiger partial charge < -0.3 is 63.6 Å². The predicted octanol–water partition coefficient (Wildman–Crippen LogP) is -2.95. The maximum Gasteiger partial charge on any atom is 0.326 e. The molecule has 0 radical (unpaired) electrons. The molecule has 0 bridgehead atoms. The average molecular weight is 880 g/mol. The number of nitrogens with one attached hydrogen (secondary N) is 6. The van der Waals surface area contributed by atoms with E-state index in [0.717, 1.165) is 4.90 Å². The highest BCUT2D eigenvalue weighted by Crippen LogP contribution is 2.20. The van der Waals surface area contributed by atoms with Gasteiger partial charge in [0.2, 0.25) is 47.3 Å². The fourth-order valence-electron chi connectivity index (χ4n) is 6.14. The van der Waals surface area contributed by atoms with Crippen LogP contribution in [0.4, 0.5) is 0 Å². The number of amides is 8. The lowest BCUT2D eigenvalue weighted by molar-refractivity contribution is -0.146. The third kappa shape index (κ3) is 16.5. The van der Waals surface area contributed by atoms with Crippen molar-refractivity contribution < 1.29 is 63.3 Å². The number of rotatable bonds is 24. The van der Waals surface area contributed by atoms with Gasteiger partial charge in [0, 0.05) is 13.0 Å². The second-order valence-electron chi connectivity index (χ2n) is 14.9. The lowest BCUT2D eigenvalue weighted by Crippen LogP contribution is -2.59. The summed E-state index contributed by atoms with van der Waals surface area (Å²) in [6.07, 6.45) is 0.774. The average Bonchev–Trinajstić information content (AvgIpc) is 3.68.